The first-order valence-electron chi connectivity index (χ1n) is 3.01. The number of pyridine rings is 1. The highest BCUT2D eigenvalue weighted by molar-refractivity contribution is 6.07. The SMILES string of the molecule is NC#CC(=O)c1ccccn1. The van der Waals surface area contributed by atoms with Crippen LogP contribution < -0.4 is 5.73 Å². The third-order valence-electron chi connectivity index (χ3n) is 1.08. The van der Waals surface area contributed by atoms with E-state index in [1.807, 2.05) is 6.04 Å². The Kier molecular flexibility index (Phi) is 2.24. The van der Waals surface area contributed by atoms with E-state index in [1.54, 1.807) is 18.2 Å². The van der Waals surface area contributed by atoms with Crippen molar-refractivity contribution in [2.24, 2.45) is 5.73 Å². The number of Topliss-reactive ketones (excluding diaryl/α,β-unsaturated/α-hetero) is 1. The lowest BCUT2D eigenvalue weighted by Gasteiger charge is -1.88. The summed E-state index contributed by atoms with van der Waals surface area (Å²) in [6.45, 7) is 0. The highest BCUT2D eigenvalue weighted by atomic mass is 16.1. The van der Waals surface area contributed by atoms with E-state index < -0.39 is 0 Å². The van der Waals surface area contributed by atoms with Crippen LogP contribution >= 0.6 is 0 Å². The summed E-state index contributed by atoms with van der Waals surface area (Å²) in [4.78, 5) is 14.7. The molecule has 0 aromatic carbocycles. The number of carbonyl (C=O) groups excluding carboxylic acids is 1. The van der Waals surface area contributed by atoms with Gasteiger partial charge in [0.15, 0.2) is 0 Å². The van der Waals surface area contributed by atoms with Crippen LogP contribution in [0, 0.1) is 12.0 Å². The fraction of sp³-hybridized carbons (Fsp3) is 0. The third kappa shape index (κ3) is 1.80. The van der Waals surface area contributed by atoms with Gasteiger partial charge in [-0.3, -0.25) is 9.78 Å². The van der Waals surface area contributed by atoms with E-state index in [4.69, 9.17) is 5.73 Å². The van der Waals surface area contributed by atoms with Gasteiger partial charge in [-0.1, -0.05) is 6.07 Å². The quantitative estimate of drug-likeness (QED) is 0.349. The number of nitrogens with zero attached hydrogens (tertiary/aromatic N) is 1. The molecule has 0 spiro atoms. The number of ketones is 1. The molecule has 0 radical (unpaired) electrons. The molecule has 0 fully saturated rings. The second kappa shape index (κ2) is 3.37. The smallest absolute Gasteiger partial charge is 0.255 e. The highest BCUT2D eigenvalue weighted by Crippen LogP contribution is 1.92. The van der Waals surface area contributed by atoms with Gasteiger partial charge in [0.1, 0.15) is 5.69 Å². The minimum Gasteiger partial charge on any atom is -0.359 e. The third-order valence-corrected chi connectivity index (χ3v) is 1.08. The van der Waals surface area contributed by atoms with E-state index in [-0.39, 0.29) is 5.78 Å². The highest BCUT2D eigenvalue weighted by Gasteiger charge is 1.99. The zero-order valence-corrected chi connectivity index (χ0v) is 5.74. The topological polar surface area (TPSA) is 56.0 Å². The van der Waals surface area contributed by atoms with Crippen molar-refractivity contribution in [3.63, 3.8) is 0 Å². The number of carbonyl (C=O) groups is 1. The van der Waals surface area contributed by atoms with Crippen molar-refractivity contribution < 1.29 is 4.79 Å². The largest absolute Gasteiger partial charge is 0.359 e. The maximum Gasteiger partial charge on any atom is 0.255 e. The molecule has 54 valence electrons. The summed E-state index contributed by atoms with van der Waals surface area (Å²) in [5.41, 5.74) is 5.18. The summed E-state index contributed by atoms with van der Waals surface area (Å²) >= 11 is 0. The van der Waals surface area contributed by atoms with Gasteiger partial charge in [0.2, 0.25) is 0 Å². The van der Waals surface area contributed by atoms with Gasteiger partial charge in [0.05, 0.1) is 0 Å². The van der Waals surface area contributed by atoms with Crippen LogP contribution in [0.25, 0.3) is 0 Å². The number of hydrogen-bond donors (Lipinski definition) is 1. The average Bonchev–Trinajstić information content (AvgIpc) is 2.07. The van der Waals surface area contributed by atoms with Crippen LogP contribution in [0.3, 0.4) is 0 Å². The fourth-order valence-corrected chi connectivity index (χ4v) is 0.627. The predicted molar refractivity (Wildman–Crippen MR) is 40.5 cm³/mol. The molecule has 0 aliphatic rings. The Morgan fingerprint density at radius 3 is 2.91 bits per heavy atom. The first kappa shape index (κ1) is 7.29. The van der Waals surface area contributed by atoms with Crippen molar-refractivity contribution in [3.05, 3.63) is 30.1 Å². The Labute approximate surface area is 64.2 Å². The summed E-state index contributed by atoms with van der Waals surface area (Å²) in [7, 11) is 0. The van der Waals surface area contributed by atoms with Crippen LogP contribution in [0.5, 0.6) is 0 Å². The van der Waals surface area contributed by atoms with E-state index in [2.05, 4.69) is 10.9 Å². The van der Waals surface area contributed by atoms with Crippen molar-refractivity contribution >= 4 is 5.78 Å². The van der Waals surface area contributed by atoms with Crippen LogP contribution in [0.4, 0.5) is 0 Å². The molecule has 0 saturated carbocycles. The molecule has 0 atom stereocenters. The fourth-order valence-electron chi connectivity index (χ4n) is 0.627. The van der Waals surface area contributed by atoms with Crippen molar-refractivity contribution in [1.82, 2.24) is 4.98 Å². The van der Waals surface area contributed by atoms with Gasteiger partial charge < -0.3 is 5.73 Å². The second-order valence-electron chi connectivity index (χ2n) is 1.81. The van der Waals surface area contributed by atoms with Gasteiger partial charge >= 0.3 is 0 Å². The van der Waals surface area contributed by atoms with Crippen LogP contribution in [-0.2, 0) is 0 Å². The molecular weight excluding hydrogens is 140 g/mol. The lowest BCUT2D eigenvalue weighted by atomic mass is 10.2. The molecule has 3 heteroatoms. The molecule has 1 aromatic heterocycles. The normalized spacial score (nSPS) is 8.00. The molecule has 0 saturated heterocycles. The molecule has 1 rings (SSSR count). The Balaban J connectivity index is 2.92. The van der Waals surface area contributed by atoms with E-state index in [9.17, 15) is 4.79 Å². The predicted octanol–water partition coefficient (Wildman–Crippen LogP) is 0.184. The zero-order chi connectivity index (χ0) is 8.10. The molecule has 2 N–H and O–H groups in total. The summed E-state index contributed by atoms with van der Waals surface area (Å²) in [6.07, 6.45) is 1.53. The van der Waals surface area contributed by atoms with Crippen LogP contribution in [0.15, 0.2) is 24.4 Å². The average molecular weight is 146 g/mol. The lowest BCUT2D eigenvalue weighted by molar-refractivity contribution is 0.105. The van der Waals surface area contributed by atoms with Crippen molar-refractivity contribution in [2.45, 2.75) is 0 Å². The van der Waals surface area contributed by atoms with Gasteiger partial charge in [-0.25, -0.2) is 0 Å². The first-order valence-corrected chi connectivity index (χ1v) is 3.01. The van der Waals surface area contributed by atoms with Gasteiger partial charge in [0.25, 0.3) is 5.78 Å². The Morgan fingerprint density at radius 2 is 2.36 bits per heavy atom. The van der Waals surface area contributed by atoms with Crippen LogP contribution in [0.2, 0.25) is 0 Å². The van der Waals surface area contributed by atoms with Crippen molar-refractivity contribution in [2.75, 3.05) is 0 Å². The standard InChI is InChI=1S/C8H6N2O/c9-5-4-8(11)7-3-1-2-6-10-7/h1-3,6H,9H2. The van der Waals surface area contributed by atoms with Crippen LogP contribution in [-0.4, -0.2) is 10.8 Å². The van der Waals surface area contributed by atoms with E-state index in [1.165, 1.54) is 6.20 Å². The summed E-state index contributed by atoms with van der Waals surface area (Å²) in [5, 5.41) is 0. The second-order valence-corrected chi connectivity index (χ2v) is 1.81. The summed E-state index contributed by atoms with van der Waals surface area (Å²) in [6, 6.07) is 7.07. The molecule has 0 unspecified atom stereocenters. The van der Waals surface area contributed by atoms with Crippen molar-refractivity contribution in [3.8, 4) is 12.0 Å². The molecule has 1 heterocycles. The minimum atomic E-state index is -0.354. The monoisotopic (exact) mass is 146 g/mol. The molecule has 0 aliphatic heterocycles. The summed E-state index contributed by atoms with van der Waals surface area (Å²) < 4.78 is 0. The van der Waals surface area contributed by atoms with Gasteiger partial charge in [0, 0.05) is 18.2 Å². The molecular formula is C8H6N2O. The molecule has 3 nitrogen and oxygen atoms in total. The Morgan fingerprint density at radius 1 is 1.55 bits per heavy atom. The maximum atomic E-state index is 10.9. The van der Waals surface area contributed by atoms with Crippen LogP contribution in [0.1, 0.15) is 10.5 Å². The minimum absolute atomic E-state index is 0.324. The van der Waals surface area contributed by atoms with E-state index >= 15 is 0 Å². The lowest BCUT2D eigenvalue weighted by Crippen LogP contribution is -1.98. The first-order chi connectivity index (χ1) is 5.34. The molecule has 1 aromatic rings. The Hall–Kier alpha value is -1.82. The molecule has 0 bridgehead atoms. The summed E-state index contributed by atoms with van der Waals surface area (Å²) in [5.74, 6) is 1.83. The van der Waals surface area contributed by atoms with Crippen molar-refractivity contribution in [1.29, 1.82) is 0 Å². The van der Waals surface area contributed by atoms with E-state index in [0.717, 1.165) is 0 Å². The maximum absolute atomic E-state index is 10.9. The van der Waals surface area contributed by atoms with Gasteiger partial charge in [-0.2, -0.15) is 0 Å². The molecule has 0 aliphatic carbocycles. The van der Waals surface area contributed by atoms with E-state index in [0.29, 0.717) is 5.69 Å². The molecule has 11 heavy (non-hydrogen) atoms. The zero-order valence-electron chi connectivity index (χ0n) is 5.74. The number of aromatic nitrogens is 1. The number of hydrogen-bond acceptors (Lipinski definition) is 3. The van der Waals surface area contributed by atoms with Gasteiger partial charge in [-0.05, 0) is 12.1 Å². The number of rotatable bonds is 1. The molecule has 0 amide bonds. The van der Waals surface area contributed by atoms with Gasteiger partial charge in [-0.15, -0.1) is 0 Å². The Bertz CT molecular complexity index is 308. The number of nitrogens with two attached hydrogens (primary N) is 1.